The lowest BCUT2D eigenvalue weighted by atomic mass is 10.1. The fourth-order valence-corrected chi connectivity index (χ4v) is 2.33. The van der Waals surface area contributed by atoms with E-state index in [0.29, 0.717) is 23.6 Å². The molecule has 0 heterocycles. The first-order valence-corrected chi connectivity index (χ1v) is 8.59. The van der Waals surface area contributed by atoms with Gasteiger partial charge in [0.15, 0.2) is 0 Å². The summed E-state index contributed by atoms with van der Waals surface area (Å²) >= 11 is 5.87. The van der Waals surface area contributed by atoms with Gasteiger partial charge in [0, 0.05) is 24.5 Å². The third-order valence-corrected chi connectivity index (χ3v) is 3.95. The first-order valence-electron chi connectivity index (χ1n) is 8.21. The van der Waals surface area contributed by atoms with Gasteiger partial charge in [0.05, 0.1) is 12.2 Å². The fraction of sp³-hybridized carbons (Fsp3) is 0.556. The molecule has 0 saturated heterocycles. The van der Waals surface area contributed by atoms with Crippen molar-refractivity contribution in [3.63, 3.8) is 0 Å². The van der Waals surface area contributed by atoms with Gasteiger partial charge in [-0.3, -0.25) is 0 Å². The number of esters is 1. The smallest absolute Gasteiger partial charge is 0.409 e. The molecule has 1 aromatic carbocycles. The Kier molecular flexibility index (Phi) is 8.61. The predicted octanol–water partition coefficient (Wildman–Crippen LogP) is 4.53. The summed E-state index contributed by atoms with van der Waals surface area (Å²) in [4.78, 5) is 25.5. The molecule has 0 spiro atoms. The summed E-state index contributed by atoms with van der Waals surface area (Å²) in [5, 5.41) is 0.486. The van der Waals surface area contributed by atoms with E-state index in [9.17, 15) is 9.59 Å². The summed E-state index contributed by atoms with van der Waals surface area (Å²) in [5.74, 6) is -0.426. The number of nitrogens with zero attached hydrogens (tertiary/aromatic N) is 1. The van der Waals surface area contributed by atoms with E-state index in [1.807, 2.05) is 13.8 Å². The van der Waals surface area contributed by atoms with E-state index >= 15 is 0 Å². The van der Waals surface area contributed by atoms with Gasteiger partial charge >= 0.3 is 12.1 Å². The number of ether oxygens (including phenoxy) is 2. The zero-order chi connectivity index (χ0) is 18.1. The van der Waals surface area contributed by atoms with Gasteiger partial charge in [0.1, 0.15) is 6.10 Å². The van der Waals surface area contributed by atoms with Crippen molar-refractivity contribution in [2.75, 3.05) is 13.7 Å². The first kappa shape index (κ1) is 20.3. The number of hydrogen-bond donors (Lipinski definition) is 0. The highest BCUT2D eigenvalue weighted by Gasteiger charge is 2.21. The van der Waals surface area contributed by atoms with Gasteiger partial charge in [-0.25, -0.2) is 9.59 Å². The number of unbranched alkanes of at least 4 members (excludes halogenated alkanes) is 1. The number of amides is 1. The molecular weight excluding hydrogens is 330 g/mol. The Morgan fingerprint density at radius 1 is 1.29 bits per heavy atom. The van der Waals surface area contributed by atoms with Crippen LogP contribution in [0.5, 0.6) is 0 Å². The van der Waals surface area contributed by atoms with E-state index in [0.717, 1.165) is 12.8 Å². The van der Waals surface area contributed by atoms with Crippen molar-refractivity contribution in [3.8, 4) is 0 Å². The quantitative estimate of drug-likeness (QED) is 0.507. The predicted molar refractivity (Wildman–Crippen MR) is 94.4 cm³/mol. The average Bonchev–Trinajstić information content (AvgIpc) is 2.53. The van der Waals surface area contributed by atoms with Gasteiger partial charge in [-0.2, -0.15) is 0 Å². The molecule has 0 saturated carbocycles. The van der Waals surface area contributed by atoms with Crippen LogP contribution in [0.2, 0.25) is 5.02 Å². The molecule has 0 aliphatic rings. The van der Waals surface area contributed by atoms with Crippen molar-refractivity contribution in [1.82, 2.24) is 4.90 Å². The molecule has 1 rings (SSSR count). The van der Waals surface area contributed by atoms with Gasteiger partial charge in [-0.1, -0.05) is 31.0 Å². The largest absolute Gasteiger partial charge is 0.459 e. The highest BCUT2D eigenvalue weighted by atomic mass is 35.5. The van der Waals surface area contributed by atoms with Gasteiger partial charge in [0.2, 0.25) is 0 Å². The monoisotopic (exact) mass is 355 g/mol. The maximum absolute atomic E-state index is 12.1. The second kappa shape index (κ2) is 10.2. The van der Waals surface area contributed by atoms with Crippen LogP contribution < -0.4 is 0 Å². The maximum atomic E-state index is 12.1. The molecule has 1 aromatic rings. The van der Waals surface area contributed by atoms with Gasteiger partial charge in [-0.15, -0.1) is 0 Å². The number of halogens is 1. The number of carbonyl (C=O) groups excluding carboxylic acids is 2. The van der Waals surface area contributed by atoms with E-state index in [1.54, 1.807) is 38.2 Å². The summed E-state index contributed by atoms with van der Waals surface area (Å²) in [6, 6.07) is 6.51. The van der Waals surface area contributed by atoms with Crippen LogP contribution in [0.3, 0.4) is 0 Å². The Morgan fingerprint density at radius 2 is 2.00 bits per heavy atom. The van der Waals surface area contributed by atoms with Gasteiger partial charge in [0.25, 0.3) is 0 Å². The molecule has 0 fully saturated rings. The molecule has 0 aromatic heterocycles. The molecule has 134 valence electrons. The zero-order valence-corrected chi connectivity index (χ0v) is 15.5. The lowest BCUT2D eigenvalue weighted by Gasteiger charge is -2.26. The van der Waals surface area contributed by atoms with Crippen LogP contribution in [0.4, 0.5) is 4.79 Å². The molecule has 0 N–H and O–H groups in total. The van der Waals surface area contributed by atoms with Crippen LogP contribution in [-0.2, 0) is 9.47 Å². The molecule has 2 atom stereocenters. The number of hydrogen-bond acceptors (Lipinski definition) is 4. The Morgan fingerprint density at radius 3 is 2.62 bits per heavy atom. The molecule has 0 aliphatic carbocycles. The average molecular weight is 356 g/mol. The molecule has 24 heavy (non-hydrogen) atoms. The lowest BCUT2D eigenvalue weighted by Crippen LogP contribution is -2.38. The molecule has 6 heteroatoms. The maximum Gasteiger partial charge on any atom is 0.409 e. The minimum absolute atomic E-state index is 0.110. The first-order chi connectivity index (χ1) is 11.3. The number of rotatable bonds is 8. The van der Waals surface area contributed by atoms with Gasteiger partial charge in [-0.05, 0) is 38.5 Å². The van der Waals surface area contributed by atoms with Crippen molar-refractivity contribution < 1.29 is 19.1 Å². The van der Waals surface area contributed by atoms with E-state index in [-0.39, 0.29) is 18.2 Å². The molecule has 0 aliphatic heterocycles. The van der Waals surface area contributed by atoms with Crippen LogP contribution in [-0.4, -0.2) is 42.8 Å². The van der Waals surface area contributed by atoms with Crippen LogP contribution in [0.1, 0.15) is 50.4 Å². The Balaban J connectivity index is 2.46. The minimum Gasteiger partial charge on any atom is -0.459 e. The summed E-state index contributed by atoms with van der Waals surface area (Å²) in [6.45, 7) is 6.15. The standard InChI is InChI=1S/C18H26ClNO4/c1-5-6-10-23-18(22)20(4)13(2)11-14(3)24-17(21)15-8-7-9-16(19)12-15/h7-9,12-14H,5-6,10-11H2,1-4H3. The number of benzene rings is 1. The molecular formula is C18H26ClNO4. The lowest BCUT2D eigenvalue weighted by molar-refractivity contribution is 0.0263. The normalized spacial score (nSPS) is 13.0. The van der Waals surface area contributed by atoms with Gasteiger partial charge < -0.3 is 14.4 Å². The highest BCUT2D eigenvalue weighted by Crippen LogP contribution is 2.15. The second-order valence-electron chi connectivity index (χ2n) is 5.89. The zero-order valence-electron chi connectivity index (χ0n) is 14.8. The van der Waals surface area contributed by atoms with E-state index in [1.165, 1.54) is 4.90 Å². The highest BCUT2D eigenvalue weighted by molar-refractivity contribution is 6.30. The third kappa shape index (κ3) is 6.79. The fourth-order valence-electron chi connectivity index (χ4n) is 2.14. The minimum atomic E-state index is -0.426. The van der Waals surface area contributed by atoms with Crippen molar-refractivity contribution in [1.29, 1.82) is 0 Å². The van der Waals surface area contributed by atoms with Crippen molar-refractivity contribution >= 4 is 23.7 Å². The van der Waals surface area contributed by atoms with Crippen LogP contribution in [0, 0.1) is 0 Å². The number of carbonyl (C=O) groups is 2. The Bertz CT molecular complexity index is 550. The molecule has 2 unspecified atom stereocenters. The van der Waals surface area contributed by atoms with Crippen LogP contribution >= 0.6 is 11.6 Å². The van der Waals surface area contributed by atoms with E-state index < -0.39 is 5.97 Å². The summed E-state index contributed by atoms with van der Waals surface area (Å²) < 4.78 is 10.6. The molecule has 0 radical (unpaired) electrons. The topological polar surface area (TPSA) is 55.8 Å². The molecule has 5 nitrogen and oxygen atoms in total. The van der Waals surface area contributed by atoms with Crippen LogP contribution in [0.25, 0.3) is 0 Å². The third-order valence-electron chi connectivity index (χ3n) is 3.71. The molecule has 0 bridgehead atoms. The summed E-state index contributed by atoms with van der Waals surface area (Å²) in [5.41, 5.74) is 0.411. The second-order valence-corrected chi connectivity index (χ2v) is 6.33. The SMILES string of the molecule is CCCCOC(=O)N(C)C(C)CC(C)OC(=O)c1cccc(Cl)c1. The van der Waals surface area contributed by atoms with Crippen molar-refractivity contribution in [2.24, 2.45) is 0 Å². The molecule has 1 amide bonds. The summed E-state index contributed by atoms with van der Waals surface area (Å²) in [6.07, 6.45) is 1.65. The van der Waals surface area contributed by atoms with Crippen molar-refractivity contribution in [2.45, 2.75) is 52.2 Å². The van der Waals surface area contributed by atoms with E-state index in [4.69, 9.17) is 21.1 Å². The summed E-state index contributed by atoms with van der Waals surface area (Å²) in [7, 11) is 1.68. The van der Waals surface area contributed by atoms with E-state index in [2.05, 4.69) is 0 Å². The Hall–Kier alpha value is -1.75. The van der Waals surface area contributed by atoms with Crippen molar-refractivity contribution in [3.05, 3.63) is 34.9 Å². The Labute approximate surface area is 148 Å². The van der Waals surface area contributed by atoms with Crippen LogP contribution in [0.15, 0.2) is 24.3 Å².